The fraction of sp³-hybridized carbons (Fsp3) is 0.514. The van der Waals surface area contributed by atoms with Crippen molar-refractivity contribution >= 4 is 19.8 Å². The van der Waals surface area contributed by atoms with Crippen LogP contribution >= 0.6 is 7.82 Å². The molecule has 0 spiro atoms. The van der Waals surface area contributed by atoms with Gasteiger partial charge in [-0.15, -0.1) is 0 Å². The van der Waals surface area contributed by atoms with Crippen LogP contribution < -0.4 is 0 Å². The topological polar surface area (TPSA) is 119 Å². The van der Waals surface area contributed by atoms with Crippen molar-refractivity contribution in [2.45, 2.75) is 110 Å². The molecular weight excluding hydrogens is 603 g/mol. The Kier molecular flexibility index (Phi) is 29.8. The summed E-state index contributed by atoms with van der Waals surface area (Å²) in [6, 6.07) is 0. The van der Waals surface area contributed by atoms with Crippen LogP contribution in [0.4, 0.5) is 0 Å². The quantitative estimate of drug-likeness (QED) is 0.0369. The zero-order chi connectivity index (χ0) is 34.0. The average Bonchev–Trinajstić information content (AvgIpc) is 3.02. The summed E-state index contributed by atoms with van der Waals surface area (Å²) < 4.78 is 26.1. The normalized spacial score (nSPS) is 13.7. The van der Waals surface area contributed by atoms with Gasteiger partial charge in [-0.05, 0) is 44.9 Å². The van der Waals surface area contributed by atoms with Crippen LogP contribution in [-0.2, 0) is 28.2 Å². The molecule has 0 aromatic rings. The summed E-state index contributed by atoms with van der Waals surface area (Å²) >= 11 is 0. The lowest BCUT2D eigenvalue weighted by molar-refractivity contribution is -0.161. The lowest BCUT2D eigenvalue weighted by Gasteiger charge is -2.18. The standard InChI is InChI=1S/C37H57O8P/c1-3-5-7-9-11-13-15-17-18-20-21-23-25-27-29-31-36(38)43-33-35(34-44-46(40,41)42)45-37(39)32-30-28-26-24-22-19-16-14-12-10-8-6-4-2/h5-16,19,22,24,26,35H,3-4,17-18,20-21,23,25,27-34H2,1-2H3,(H2,40,41,42)/b7-5+,8-6+,11-9+,12-10+,15-13+,16-14+,22-19+,26-24+. The van der Waals surface area contributed by atoms with Gasteiger partial charge in [-0.1, -0.05) is 143 Å². The zero-order valence-corrected chi connectivity index (χ0v) is 28.8. The largest absolute Gasteiger partial charge is 0.469 e. The lowest BCUT2D eigenvalue weighted by Crippen LogP contribution is -2.29. The first-order valence-corrected chi connectivity index (χ1v) is 18.2. The van der Waals surface area contributed by atoms with Crippen LogP contribution in [0.5, 0.6) is 0 Å². The van der Waals surface area contributed by atoms with Gasteiger partial charge < -0.3 is 19.3 Å². The minimum Gasteiger partial charge on any atom is -0.462 e. The molecule has 0 aliphatic heterocycles. The van der Waals surface area contributed by atoms with Gasteiger partial charge in [0.2, 0.25) is 0 Å². The number of phosphoric acid groups is 1. The van der Waals surface area contributed by atoms with E-state index in [0.29, 0.717) is 19.3 Å². The number of carbonyl (C=O) groups is 2. The van der Waals surface area contributed by atoms with E-state index in [0.717, 1.165) is 38.5 Å². The van der Waals surface area contributed by atoms with Crippen LogP contribution in [0.15, 0.2) is 97.2 Å². The SMILES string of the molecule is CC/C=C/C=C/C=C/C=C/C=C/CCCC(=O)OC(COC(=O)CCCCCCCCC/C=C/C=C/C=C/CC)COP(=O)(O)O. The van der Waals surface area contributed by atoms with Gasteiger partial charge >= 0.3 is 19.8 Å². The van der Waals surface area contributed by atoms with Gasteiger partial charge in [0.25, 0.3) is 0 Å². The molecule has 0 aliphatic rings. The van der Waals surface area contributed by atoms with Crippen molar-refractivity contribution in [3.63, 3.8) is 0 Å². The zero-order valence-electron chi connectivity index (χ0n) is 27.9. The van der Waals surface area contributed by atoms with E-state index in [4.69, 9.17) is 19.3 Å². The number of unbranched alkanes of at least 4 members (excludes halogenated alkanes) is 8. The Morgan fingerprint density at radius 1 is 0.565 bits per heavy atom. The fourth-order valence-corrected chi connectivity index (χ4v) is 4.23. The van der Waals surface area contributed by atoms with E-state index in [1.54, 1.807) is 0 Å². The van der Waals surface area contributed by atoms with E-state index in [-0.39, 0.29) is 19.4 Å². The summed E-state index contributed by atoms with van der Waals surface area (Å²) in [5, 5.41) is 0. The van der Waals surface area contributed by atoms with Crippen molar-refractivity contribution in [1.82, 2.24) is 0 Å². The second-order valence-corrected chi connectivity index (χ2v) is 11.8. The Labute approximate surface area is 277 Å². The first kappa shape index (κ1) is 43.0. The number of carbonyl (C=O) groups excluding carboxylic acids is 2. The maximum Gasteiger partial charge on any atom is 0.469 e. The third kappa shape index (κ3) is 33.9. The summed E-state index contributed by atoms with van der Waals surface area (Å²) in [6.07, 6.45) is 42.8. The minimum absolute atomic E-state index is 0.107. The molecule has 0 bridgehead atoms. The summed E-state index contributed by atoms with van der Waals surface area (Å²) in [5.74, 6) is -1.00. The second kappa shape index (κ2) is 31.9. The van der Waals surface area contributed by atoms with E-state index in [9.17, 15) is 14.2 Å². The lowest BCUT2D eigenvalue weighted by atomic mass is 10.1. The monoisotopic (exact) mass is 660 g/mol. The minimum atomic E-state index is -4.77. The van der Waals surface area contributed by atoms with E-state index < -0.39 is 32.5 Å². The predicted molar refractivity (Wildman–Crippen MR) is 188 cm³/mol. The van der Waals surface area contributed by atoms with Crippen LogP contribution in [0.1, 0.15) is 104 Å². The highest BCUT2D eigenvalue weighted by molar-refractivity contribution is 7.46. The van der Waals surface area contributed by atoms with E-state index in [1.807, 2.05) is 66.8 Å². The Balaban J connectivity index is 4.18. The van der Waals surface area contributed by atoms with Gasteiger partial charge in [-0.2, -0.15) is 0 Å². The van der Waals surface area contributed by atoms with Crippen LogP contribution in [0.3, 0.4) is 0 Å². The Morgan fingerprint density at radius 3 is 1.52 bits per heavy atom. The number of esters is 2. The average molecular weight is 661 g/mol. The van der Waals surface area contributed by atoms with Crippen LogP contribution in [0, 0.1) is 0 Å². The van der Waals surface area contributed by atoms with Crippen LogP contribution in [-0.4, -0.2) is 41.0 Å². The number of phosphoric ester groups is 1. The molecule has 0 aromatic heterocycles. The highest BCUT2D eigenvalue weighted by Crippen LogP contribution is 2.35. The molecule has 0 saturated heterocycles. The fourth-order valence-electron chi connectivity index (χ4n) is 3.87. The van der Waals surface area contributed by atoms with Gasteiger partial charge in [0.1, 0.15) is 6.61 Å². The molecule has 1 atom stereocenters. The molecule has 258 valence electrons. The number of allylic oxidation sites excluding steroid dienone is 16. The molecule has 46 heavy (non-hydrogen) atoms. The van der Waals surface area contributed by atoms with Crippen molar-refractivity contribution in [3.8, 4) is 0 Å². The molecule has 0 heterocycles. The molecule has 1 unspecified atom stereocenters. The third-order valence-electron chi connectivity index (χ3n) is 6.29. The Bertz CT molecular complexity index is 1060. The van der Waals surface area contributed by atoms with E-state index in [1.165, 1.54) is 19.3 Å². The molecule has 0 aromatic carbocycles. The maximum absolute atomic E-state index is 12.3. The van der Waals surface area contributed by atoms with Gasteiger partial charge in [-0.25, -0.2) is 4.57 Å². The molecule has 2 N–H and O–H groups in total. The highest BCUT2D eigenvalue weighted by atomic mass is 31.2. The summed E-state index contributed by atoms with van der Waals surface area (Å²) in [7, 11) is -4.77. The summed E-state index contributed by atoms with van der Waals surface area (Å²) in [5.41, 5.74) is 0. The Hall–Kier alpha value is -3.03. The number of rotatable bonds is 28. The molecule has 0 saturated carbocycles. The van der Waals surface area contributed by atoms with Gasteiger partial charge in [0, 0.05) is 12.8 Å². The van der Waals surface area contributed by atoms with Crippen LogP contribution in [0.2, 0.25) is 0 Å². The molecule has 0 rings (SSSR count). The smallest absolute Gasteiger partial charge is 0.462 e. The molecule has 9 heteroatoms. The van der Waals surface area contributed by atoms with Crippen molar-refractivity contribution in [2.24, 2.45) is 0 Å². The molecule has 0 amide bonds. The molecule has 0 radical (unpaired) electrons. The molecule has 0 fully saturated rings. The predicted octanol–water partition coefficient (Wildman–Crippen LogP) is 9.50. The summed E-state index contributed by atoms with van der Waals surface area (Å²) in [4.78, 5) is 42.5. The molecular formula is C37H57O8P. The van der Waals surface area contributed by atoms with E-state index in [2.05, 4.69) is 48.8 Å². The van der Waals surface area contributed by atoms with Gasteiger partial charge in [0.05, 0.1) is 6.61 Å². The highest BCUT2D eigenvalue weighted by Gasteiger charge is 2.22. The molecule has 8 nitrogen and oxygen atoms in total. The number of ether oxygens (including phenoxy) is 2. The van der Waals surface area contributed by atoms with E-state index >= 15 is 0 Å². The van der Waals surface area contributed by atoms with Gasteiger partial charge in [-0.3, -0.25) is 14.1 Å². The first-order chi connectivity index (χ1) is 22.3. The number of hydrogen-bond donors (Lipinski definition) is 2. The summed E-state index contributed by atoms with van der Waals surface area (Å²) in [6.45, 7) is 3.29. The van der Waals surface area contributed by atoms with Crippen LogP contribution in [0.25, 0.3) is 0 Å². The Morgan fingerprint density at radius 2 is 1.00 bits per heavy atom. The van der Waals surface area contributed by atoms with Crippen molar-refractivity contribution in [3.05, 3.63) is 97.2 Å². The van der Waals surface area contributed by atoms with Crippen molar-refractivity contribution < 1.29 is 37.9 Å². The third-order valence-corrected chi connectivity index (χ3v) is 6.77. The first-order valence-electron chi connectivity index (χ1n) is 16.6. The van der Waals surface area contributed by atoms with Crippen molar-refractivity contribution in [1.29, 1.82) is 0 Å². The van der Waals surface area contributed by atoms with Crippen molar-refractivity contribution in [2.75, 3.05) is 13.2 Å². The number of hydrogen-bond acceptors (Lipinski definition) is 6. The molecule has 0 aliphatic carbocycles. The van der Waals surface area contributed by atoms with Gasteiger partial charge in [0.15, 0.2) is 6.10 Å². The second-order valence-electron chi connectivity index (χ2n) is 10.6. The maximum atomic E-state index is 12.3.